The van der Waals surface area contributed by atoms with Gasteiger partial charge in [0.25, 0.3) is 0 Å². The van der Waals surface area contributed by atoms with Crippen molar-refractivity contribution in [1.82, 2.24) is 14.6 Å². The highest BCUT2D eigenvalue weighted by atomic mass is 15.2. The average molecular weight is 191 g/mol. The highest BCUT2D eigenvalue weighted by molar-refractivity contribution is 5.44. The average Bonchev–Trinajstić information content (AvgIpc) is 2.44. The van der Waals surface area contributed by atoms with Crippen molar-refractivity contribution >= 4 is 11.3 Å². The van der Waals surface area contributed by atoms with Gasteiger partial charge in [0.05, 0.1) is 23.8 Å². The Hall–Kier alpha value is -1.62. The van der Waals surface area contributed by atoms with Crippen molar-refractivity contribution in [3.05, 3.63) is 24.2 Å². The molecule has 2 aromatic heterocycles. The van der Waals surface area contributed by atoms with E-state index in [0.717, 1.165) is 17.8 Å². The van der Waals surface area contributed by atoms with Crippen LogP contribution in [0.4, 0.5) is 5.69 Å². The van der Waals surface area contributed by atoms with Gasteiger partial charge in [0.15, 0.2) is 5.65 Å². The van der Waals surface area contributed by atoms with Gasteiger partial charge in [-0.25, -0.2) is 9.50 Å². The lowest BCUT2D eigenvalue weighted by atomic mass is 10.2. The predicted octanol–water partition coefficient (Wildman–Crippen LogP) is 0.201. The van der Waals surface area contributed by atoms with Gasteiger partial charge in [-0.15, -0.1) is 0 Å². The van der Waals surface area contributed by atoms with Crippen LogP contribution in [0.1, 0.15) is 12.6 Å². The van der Waals surface area contributed by atoms with Crippen molar-refractivity contribution in [3.8, 4) is 0 Å². The molecule has 5 nitrogen and oxygen atoms in total. The minimum atomic E-state index is 0.109. The number of hydrogen-bond donors (Lipinski definition) is 2. The van der Waals surface area contributed by atoms with Crippen molar-refractivity contribution in [1.29, 1.82) is 0 Å². The van der Waals surface area contributed by atoms with E-state index in [4.69, 9.17) is 11.5 Å². The Bertz CT molecular complexity index is 445. The van der Waals surface area contributed by atoms with E-state index in [1.807, 2.05) is 13.0 Å². The van der Waals surface area contributed by atoms with Crippen LogP contribution in [0, 0.1) is 0 Å². The van der Waals surface area contributed by atoms with Crippen LogP contribution in [-0.4, -0.2) is 20.6 Å². The largest absolute Gasteiger partial charge is 0.396 e. The van der Waals surface area contributed by atoms with Gasteiger partial charge in [-0.05, 0) is 6.92 Å². The quantitative estimate of drug-likeness (QED) is 0.710. The number of aromatic nitrogens is 3. The predicted molar refractivity (Wildman–Crippen MR) is 54.8 cm³/mol. The second kappa shape index (κ2) is 3.26. The molecule has 1 unspecified atom stereocenters. The van der Waals surface area contributed by atoms with Crippen molar-refractivity contribution in [2.24, 2.45) is 5.73 Å². The minimum Gasteiger partial charge on any atom is -0.396 e. The first-order chi connectivity index (χ1) is 6.65. The summed E-state index contributed by atoms with van der Waals surface area (Å²) in [5, 5.41) is 4.31. The maximum atomic E-state index is 5.68. The van der Waals surface area contributed by atoms with Crippen LogP contribution >= 0.6 is 0 Å². The summed E-state index contributed by atoms with van der Waals surface area (Å²) >= 11 is 0. The molecule has 0 amide bonds. The molecule has 0 bridgehead atoms. The van der Waals surface area contributed by atoms with Crippen LogP contribution in [0.25, 0.3) is 5.65 Å². The highest BCUT2D eigenvalue weighted by Gasteiger charge is 2.04. The molecule has 5 heteroatoms. The van der Waals surface area contributed by atoms with Gasteiger partial charge in [0, 0.05) is 18.5 Å². The number of nitrogens with two attached hydrogens (primary N) is 2. The molecular weight excluding hydrogens is 178 g/mol. The summed E-state index contributed by atoms with van der Waals surface area (Å²) in [5.41, 5.74) is 13.6. The number of hydrogen-bond acceptors (Lipinski definition) is 4. The van der Waals surface area contributed by atoms with E-state index in [1.165, 1.54) is 0 Å². The topological polar surface area (TPSA) is 82.2 Å². The van der Waals surface area contributed by atoms with Crippen molar-refractivity contribution in [2.45, 2.75) is 19.4 Å². The number of fused-ring (bicyclic) bond motifs is 1. The first kappa shape index (κ1) is 8.96. The van der Waals surface area contributed by atoms with Gasteiger partial charge in [-0.1, -0.05) is 0 Å². The molecule has 14 heavy (non-hydrogen) atoms. The maximum Gasteiger partial charge on any atom is 0.155 e. The van der Waals surface area contributed by atoms with E-state index in [9.17, 15) is 0 Å². The van der Waals surface area contributed by atoms with Crippen molar-refractivity contribution in [3.63, 3.8) is 0 Å². The molecule has 0 aliphatic rings. The smallest absolute Gasteiger partial charge is 0.155 e. The number of anilines is 1. The van der Waals surface area contributed by atoms with Crippen LogP contribution in [0.15, 0.2) is 18.5 Å². The van der Waals surface area contributed by atoms with E-state index in [2.05, 4.69) is 10.1 Å². The SMILES string of the molecule is CC(N)Cc1cc2ncc(N)cn2n1. The Labute approximate surface area is 81.7 Å². The molecule has 0 spiro atoms. The Morgan fingerprint density at radius 2 is 2.36 bits per heavy atom. The summed E-state index contributed by atoms with van der Waals surface area (Å²) in [6.07, 6.45) is 4.11. The molecule has 0 saturated carbocycles. The molecule has 2 aromatic rings. The van der Waals surface area contributed by atoms with Gasteiger partial charge in [0.2, 0.25) is 0 Å². The van der Waals surface area contributed by atoms with Crippen molar-refractivity contribution in [2.75, 3.05) is 5.73 Å². The van der Waals surface area contributed by atoms with Gasteiger partial charge in [-0.2, -0.15) is 5.10 Å². The number of nitrogen functional groups attached to an aromatic ring is 1. The molecule has 1 atom stereocenters. The fraction of sp³-hybridized carbons (Fsp3) is 0.333. The standard InChI is InChI=1S/C9H13N5/c1-6(10)2-8-3-9-12-4-7(11)5-14(9)13-8/h3-6H,2,10-11H2,1H3. The third-order valence-corrected chi connectivity index (χ3v) is 1.91. The summed E-state index contributed by atoms with van der Waals surface area (Å²) in [6, 6.07) is 2.03. The summed E-state index contributed by atoms with van der Waals surface area (Å²) in [5.74, 6) is 0. The molecule has 2 rings (SSSR count). The van der Waals surface area contributed by atoms with Gasteiger partial charge in [0.1, 0.15) is 0 Å². The first-order valence-corrected chi connectivity index (χ1v) is 4.50. The zero-order valence-electron chi connectivity index (χ0n) is 8.01. The zero-order chi connectivity index (χ0) is 10.1. The van der Waals surface area contributed by atoms with E-state index in [0.29, 0.717) is 5.69 Å². The lowest BCUT2D eigenvalue weighted by Gasteiger charge is -1.98. The van der Waals surface area contributed by atoms with Crippen LogP contribution in [-0.2, 0) is 6.42 Å². The Balaban J connectivity index is 2.41. The molecule has 0 saturated heterocycles. The van der Waals surface area contributed by atoms with Crippen LogP contribution in [0.5, 0.6) is 0 Å². The minimum absolute atomic E-state index is 0.109. The normalized spacial score (nSPS) is 13.3. The maximum absolute atomic E-state index is 5.68. The van der Waals surface area contributed by atoms with Gasteiger partial charge >= 0.3 is 0 Å². The van der Waals surface area contributed by atoms with Gasteiger partial charge < -0.3 is 11.5 Å². The molecule has 0 radical (unpaired) electrons. The van der Waals surface area contributed by atoms with E-state index >= 15 is 0 Å². The molecule has 0 aliphatic carbocycles. The monoisotopic (exact) mass is 191 g/mol. The Morgan fingerprint density at radius 1 is 1.57 bits per heavy atom. The summed E-state index contributed by atoms with van der Waals surface area (Å²) in [4.78, 5) is 4.14. The van der Waals surface area contributed by atoms with Crippen LogP contribution in [0.3, 0.4) is 0 Å². The van der Waals surface area contributed by atoms with Crippen LogP contribution < -0.4 is 11.5 Å². The Morgan fingerprint density at radius 3 is 3.07 bits per heavy atom. The van der Waals surface area contributed by atoms with Crippen LogP contribution in [0.2, 0.25) is 0 Å². The number of rotatable bonds is 2. The summed E-state index contributed by atoms with van der Waals surface area (Å²) in [6.45, 7) is 1.95. The molecular formula is C9H13N5. The molecule has 0 aromatic carbocycles. The lowest BCUT2D eigenvalue weighted by molar-refractivity contribution is 0.712. The van der Waals surface area contributed by atoms with Gasteiger partial charge in [-0.3, -0.25) is 0 Å². The fourth-order valence-corrected chi connectivity index (χ4v) is 1.37. The second-order valence-corrected chi connectivity index (χ2v) is 3.51. The fourth-order valence-electron chi connectivity index (χ4n) is 1.37. The second-order valence-electron chi connectivity index (χ2n) is 3.51. The summed E-state index contributed by atoms with van der Waals surface area (Å²) in [7, 11) is 0. The third kappa shape index (κ3) is 1.67. The zero-order valence-corrected chi connectivity index (χ0v) is 8.01. The molecule has 0 aliphatic heterocycles. The molecule has 2 heterocycles. The van der Waals surface area contributed by atoms with E-state index < -0.39 is 0 Å². The Kier molecular flexibility index (Phi) is 2.09. The third-order valence-electron chi connectivity index (χ3n) is 1.91. The van der Waals surface area contributed by atoms with Crippen molar-refractivity contribution < 1.29 is 0 Å². The number of nitrogens with zero attached hydrogens (tertiary/aromatic N) is 3. The molecule has 4 N–H and O–H groups in total. The highest BCUT2D eigenvalue weighted by Crippen LogP contribution is 2.07. The molecule has 0 fully saturated rings. The van der Waals surface area contributed by atoms with E-state index in [1.54, 1.807) is 16.9 Å². The molecule has 74 valence electrons. The lowest BCUT2D eigenvalue weighted by Crippen LogP contribution is -2.17. The first-order valence-electron chi connectivity index (χ1n) is 4.50. The van der Waals surface area contributed by atoms with E-state index in [-0.39, 0.29) is 6.04 Å². The summed E-state index contributed by atoms with van der Waals surface area (Å²) < 4.78 is 1.67.